The van der Waals surface area contributed by atoms with Crippen LogP contribution in [0.25, 0.3) is 10.9 Å². The second kappa shape index (κ2) is 8.68. The van der Waals surface area contributed by atoms with E-state index in [4.69, 9.17) is 0 Å². The molecule has 2 aromatic carbocycles. The van der Waals surface area contributed by atoms with Gasteiger partial charge in [-0.25, -0.2) is 13.4 Å². The molecule has 30 heavy (non-hydrogen) atoms. The highest BCUT2D eigenvalue weighted by atomic mass is 79.9. The number of thiazole rings is 1. The van der Waals surface area contributed by atoms with Gasteiger partial charge in [0.1, 0.15) is 6.04 Å². The molecule has 0 spiro atoms. The molecule has 0 unspecified atom stereocenters. The lowest BCUT2D eigenvalue weighted by Gasteiger charge is -2.18. The number of carbonyl (C=O) groups is 1. The molecule has 0 fully saturated rings. The summed E-state index contributed by atoms with van der Waals surface area (Å²) in [7, 11) is -3.92. The topological polar surface area (TPSA) is 104 Å². The maximum Gasteiger partial charge on any atom is 0.244 e. The van der Waals surface area contributed by atoms with Gasteiger partial charge < -0.3 is 10.3 Å². The van der Waals surface area contributed by atoms with E-state index in [2.05, 4.69) is 35.9 Å². The van der Waals surface area contributed by atoms with Crippen LogP contribution in [-0.4, -0.2) is 30.3 Å². The number of hydrogen-bond acceptors (Lipinski definition) is 5. The number of hydrogen-bond donors (Lipinski definition) is 3. The Hall–Kier alpha value is -2.53. The first-order valence-electron chi connectivity index (χ1n) is 8.95. The van der Waals surface area contributed by atoms with E-state index in [0.717, 1.165) is 20.9 Å². The van der Waals surface area contributed by atoms with Gasteiger partial charge >= 0.3 is 0 Å². The first kappa shape index (κ1) is 20.7. The molecule has 10 heteroatoms. The summed E-state index contributed by atoms with van der Waals surface area (Å²) >= 11 is 4.56. The van der Waals surface area contributed by atoms with Gasteiger partial charge in [0.15, 0.2) is 5.13 Å². The van der Waals surface area contributed by atoms with Crippen LogP contribution in [0.5, 0.6) is 0 Å². The van der Waals surface area contributed by atoms with Crippen LogP contribution in [0.4, 0.5) is 5.13 Å². The van der Waals surface area contributed by atoms with Gasteiger partial charge in [-0.15, -0.1) is 11.3 Å². The van der Waals surface area contributed by atoms with Crippen LogP contribution in [0.2, 0.25) is 0 Å². The minimum atomic E-state index is -3.92. The molecule has 2 heterocycles. The Morgan fingerprint density at radius 2 is 1.93 bits per heavy atom. The fraction of sp³-hybridized carbons (Fsp3) is 0.100. The maximum atomic E-state index is 12.9. The van der Waals surface area contributed by atoms with Gasteiger partial charge in [0.2, 0.25) is 15.9 Å². The summed E-state index contributed by atoms with van der Waals surface area (Å²) in [5.41, 5.74) is 1.76. The molecule has 0 radical (unpaired) electrons. The second-order valence-corrected chi connectivity index (χ2v) is 10.0. The number of anilines is 1. The number of nitrogens with zero attached hydrogens (tertiary/aromatic N) is 1. The summed E-state index contributed by atoms with van der Waals surface area (Å²) in [5, 5.41) is 5.77. The van der Waals surface area contributed by atoms with Crippen molar-refractivity contribution in [3.63, 3.8) is 0 Å². The van der Waals surface area contributed by atoms with E-state index in [1.165, 1.54) is 23.5 Å². The smallest absolute Gasteiger partial charge is 0.244 e. The fourth-order valence-corrected chi connectivity index (χ4v) is 5.05. The SMILES string of the molecule is O=C(Nc1nccs1)[C@H](Cc1c[nH]c2ccccc12)NS(=O)(=O)c1ccc(Br)cc1. The summed E-state index contributed by atoms with van der Waals surface area (Å²) in [6, 6.07) is 12.9. The molecular weight excluding hydrogens is 488 g/mol. The normalized spacial score (nSPS) is 12.7. The number of carbonyl (C=O) groups excluding carboxylic acids is 1. The van der Waals surface area contributed by atoms with Crippen LogP contribution < -0.4 is 10.0 Å². The summed E-state index contributed by atoms with van der Waals surface area (Å²) in [4.78, 5) is 20.2. The summed E-state index contributed by atoms with van der Waals surface area (Å²) in [6.07, 6.45) is 3.54. The highest BCUT2D eigenvalue weighted by Gasteiger charge is 2.27. The molecule has 0 bridgehead atoms. The molecule has 154 valence electrons. The Bertz CT molecular complexity index is 1270. The van der Waals surface area contributed by atoms with Crippen molar-refractivity contribution in [2.45, 2.75) is 17.4 Å². The zero-order chi connectivity index (χ0) is 21.1. The number of fused-ring (bicyclic) bond motifs is 1. The number of para-hydroxylation sites is 1. The van der Waals surface area contributed by atoms with E-state index < -0.39 is 22.0 Å². The predicted molar refractivity (Wildman–Crippen MR) is 121 cm³/mol. The zero-order valence-corrected chi connectivity index (χ0v) is 18.7. The quantitative estimate of drug-likeness (QED) is 0.354. The molecule has 4 aromatic rings. The number of H-pyrrole nitrogens is 1. The van der Waals surface area contributed by atoms with Crippen LogP contribution in [0, 0.1) is 0 Å². The molecular formula is C20H17BrN4O3S2. The van der Waals surface area contributed by atoms with Crippen LogP contribution in [0.15, 0.2) is 75.7 Å². The third kappa shape index (κ3) is 4.62. The van der Waals surface area contributed by atoms with E-state index in [1.54, 1.807) is 29.9 Å². The average Bonchev–Trinajstić information content (AvgIpc) is 3.38. The molecule has 0 aliphatic heterocycles. The molecule has 0 aliphatic carbocycles. The molecule has 3 N–H and O–H groups in total. The van der Waals surface area contributed by atoms with Crippen molar-refractivity contribution in [1.29, 1.82) is 0 Å². The highest BCUT2D eigenvalue weighted by molar-refractivity contribution is 9.10. The number of aromatic amines is 1. The third-order valence-corrected chi connectivity index (χ3v) is 7.20. The number of amides is 1. The first-order chi connectivity index (χ1) is 14.4. The average molecular weight is 505 g/mol. The highest BCUT2D eigenvalue weighted by Crippen LogP contribution is 2.21. The minimum Gasteiger partial charge on any atom is -0.361 e. The van der Waals surface area contributed by atoms with Gasteiger partial charge in [-0.05, 0) is 42.3 Å². The van der Waals surface area contributed by atoms with Crippen molar-refractivity contribution < 1.29 is 13.2 Å². The Labute approximate surface area is 185 Å². The fourth-order valence-electron chi connectivity index (χ4n) is 3.06. The van der Waals surface area contributed by atoms with E-state index in [0.29, 0.717) is 5.13 Å². The third-order valence-electron chi connectivity index (χ3n) is 4.50. The van der Waals surface area contributed by atoms with Crippen LogP contribution in [-0.2, 0) is 21.2 Å². The van der Waals surface area contributed by atoms with Gasteiger partial charge in [0, 0.05) is 33.1 Å². The predicted octanol–water partition coefficient (Wildman–Crippen LogP) is 3.92. The van der Waals surface area contributed by atoms with E-state index in [1.807, 2.05) is 24.3 Å². The minimum absolute atomic E-state index is 0.0803. The van der Waals surface area contributed by atoms with Crippen LogP contribution >= 0.6 is 27.3 Å². The zero-order valence-electron chi connectivity index (χ0n) is 15.5. The monoisotopic (exact) mass is 504 g/mol. The van der Waals surface area contributed by atoms with Crippen molar-refractivity contribution in [3.8, 4) is 0 Å². The lowest BCUT2D eigenvalue weighted by Crippen LogP contribution is -2.45. The summed E-state index contributed by atoms with van der Waals surface area (Å²) in [5.74, 6) is -0.476. The van der Waals surface area contributed by atoms with Gasteiger partial charge in [-0.3, -0.25) is 4.79 Å². The number of halogens is 1. The molecule has 0 aliphatic rings. The van der Waals surface area contributed by atoms with Gasteiger partial charge in [0.25, 0.3) is 0 Å². The van der Waals surface area contributed by atoms with E-state index in [-0.39, 0.29) is 11.3 Å². The molecule has 1 atom stereocenters. The largest absolute Gasteiger partial charge is 0.361 e. The van der Waals surface area contributed by atoms with Crippen molar-refractivity contribution in [2.24, 2.45) is 0 Å². The number of aromatic nitrogens is 2. The number of nitrogens with one attached hydrogen (secondary N) is 3. The number of sulfonamides is 1. The van der Waals surface area contributed by atoms with Crippen molar-refractivity contribution in [3.05, 3.63) is 76.3 Å². The Balaban J connectivity index is 1.64. The summed E-state index contributed by atoms with van der Waals surface area (Å²) < 4.78 is 29.2. The maximum absolute atomic E-state index is 12.9. The lowest BCUT2D eigenvalue weighted by atomic mass is 10.1. The molecule has 7 nitrogen and oxygen atoms in total. The van der Waals surface area contributed by atoms with Crippen LogP contribution in [0.1, 0.15) is 5.56 Å². The van der Waals surface area contributed by atoms with Crippen molar-refractivity contribution in [1.82, 2.24) is 14.7 Å². The number of benzene rings is 2. The molecule has 0 saturated carbocycles. The van der Waals surface area contributed by atoms with Crippen molar-refractivity contribution >= 4 is 59.2 Å². The molecule has 1 amide bonds. The Morgan fingerprint density at radius 1 is 1.17 bits per heavy atom. The van der Waals surface area contributed by atoms with Gasteiger partial charge in [-0.2, -0.15) is 4.72 Å². The van der Waals surface area contributed by atoms with Gasteiger partial charge in [-0.1, -0.05) is 34.1 Å². The second-order valence-electron chi connectivity index (χ2n) is 6.52. The molecule has 4 rings (SSSR count). The van der Waals surface area contributed by atoms with E-state index in [9.17, 15) is 13.2 Å². The standard InChI is InChI=1S/C20H17BrN4O3S2/c21-14-5-7-15(8-6-14)30(27,28)25-18(19(26)24-20-22-9-10-29-20)11-13-12-23-17-4-2-1-3-16(13)17/h1-10,12,18,23,25H,11H2,(H,22,24,26)/t18-/m0/s1. The Morgan fingerprint density at radius 3 is 2.67 bits per heavy atom. The summed E-state index contributed by atoms with van der Waals surface area (Å²) in [6.45, 7) is 0. The lowest BCUT2D eigenvalue weighted by molar-refractivity contribution is -0.117. The van der Waals surface area contributed by atoms with Crippen LogP contribution in [0.3, 0.4) is 0 Å². The first-order valence-corrected chi connectivity index (χ1v) is 12.1. The molecule has 2 aromatic heterocycles. The van der Waals surface area contributed by atoms with Gasteiger partial charge in [0.05, 0.1) is 4.90 Å². The molecule has 0 saturated heterocycles. The van der Waals surface area contributed by atoms with E-state index >= 15 is 0 Å². The Kier molecular flexibility index (Phi) is 6.00. The van der Waals surface area contributed by atoms with Crippen molar-refractivity contribution in [2.75, 3.05) is 5.32 Å². The number of rotatable bonds is 7.